The smallest absolute Gasteiger partial charge is 0.280 e. The molecule has 4 rings (SSSR count). The summed E-state index contributed by atoms with van der Waals surface area (Å²) >= 11 is 3.48. The number of halogens is 2. The number of benzene rings is 3. The molecule has 0 saturated carbocycles. The quantitative estimate of drug-likeness (QED) is 0.255. The molecule has 2 N–H and O–H groups in total. The van der Waals surface area contributed by atoms with E-state index in [4.69, 9.17) is 10.5 Å². The van der Waals surface area contributed by atoms with Crippen LogP contribution in [0.25, 0.3) is 0 Å². The average Bonchev–Trinajstić information content (AvgIpc) is 3.33. The lowest BCUT2D eigenvalue weighted by Crippen LogP contribution is -2.41. The number of ether oxygens (including phenoxy) is 1. The molecule has 1 heterocycles. The van der Waals surface area contributed by atoms with E-state index in [9.17, 15) is 9.18 Å². The van der Waals surface area contributed by atoms with Crippen molar-refractivity contribution in [1.82, 2.24) is 4.90 Å². The number of nitrogens with zero attached hydrogens (tertiary/aromatic N) is 3. The number of guanidine groups is 1. The molecule has 1 aliphatic heterocycles. The van der Waals surface area contributed by atoms with Crippen molar-refractivity contribution in [1.29, 1.82) is 0 Å². The molecule has 1 atom stereocenters. The molecule has 1 amide bonds. The third-order valence-electron chi connectivity index (χ3n) is 7.15. The number of aryl methyl sites for hydroxylation is 1. The van der Waals surface area contributed by atoms with Crippen molar-refractivity contribution in [3.05, 3.63) is 93.7 Å². The maximum atomic E-state index is 15.0. The number of nitrogens with two attached hydrogens (primary N) is 1. The van der Waals surface area contributed by atoms with E-state index < -0.39 is 11.7 Å². The highest BCUT2D eigenvalue weighted by atomic mass is 79.9. The largest absolute Gasteiger partial charge is 0.496 e. The number of para-hydroxylation sites is 1. The Bertz CT molecular complexity index is 1280. The minimum atomic E-state index is -0.558. The highest BCUT2D eigenvalue weighted by Gasteiger charge is 2.23. The third kappa shape index (κ3) is 6.79. The van der Waals surface area contributed by atoms with E-state index in [1.807, 2.05) is 53.4 Å². The standard InChI is InChI=1S/C30H34BrFN4O2/c1-35-18-7-10-23(35)17-19-36(24-8-4-3-5-9-24)30(33)34-29(37)26-11-6-12-27(32)25(26)15-13-21-20-22(31)14-16-28(21)38-2/h3-6,8-9,11-12,14,16,20,23H,7,10,13,15,17-19H2,1-2H3,(H2,33,34,37). The van der Waals surface area contributed by atoms with Gasteiger partial charge < -0.3 is 20.3 Å². The molecule has 1 unspecified atom stereocenters. The van der Waals surface area contributed by atoms with Crippen LogP contribution in [-0.2, 0) is 12.8 Å². The number of hydrogen-bond acceptors (Lipinski definition) is 3. The summed E-state index contributed by atoms with van der Waals surface area (Å²) in [6.07, 6.45) is 4.03. The Labute approximate surface area is 232 Å². The van der Waals surface area contributed by atoms with Crippen LogP contribution in [0.1, 0.15) is 40.7 Å². The van der Waals surface area contributed by atoms with Crippen molar-refractivity contribution in [2.75, 3.05) is 32.1 Å². The summed E-state index contributed by atoms with van der Waals surface area (Å²) in [7, 11) is 3.74. The number of methoxy groups -OCH3 is 1. The number of anilines is 1. The Morgan fingerprint density at radius 1 is 1.16 bits per heavy atom. The van der Waals surface area contributed by atoms with E-state index in [1.165, 1.54) is 18.6 Å². The molecule has 6 nitrogen and oxygen atoms in total. The zero-order valence-corrected chi connectivity index (χ0v) is 23.5. The van der Waals surface area contributed by atoms with Crippen molar-refractivity contribution < 1.29 is 13.9 Å². The maximum Gasteiger partial charge on any atom is 0.280 e. The van der Waals surface area contributed by atoms with Gasteiger partial charge in [0.2, 0.25) is 5.96 Å². The predicted molar refractivity (Wildman–Crippen MR) is 155 cm³/mol. The fourth-order valence-electron chi connectivity index (χ4n) is 5.05. The first-order valence-corrected chi connectivity index (χ1v) is 13.7. The highest BCUT2D eigenvalue weighted by Crippen LogP contribution is 2.26. The molecule has 0 radical (unpaired) electrons. The Morgan fingerprint density at radius 3 is 2.66 bits per heavy atom. The van der Waals surface area contributed by atoms with Gasteiger partial charge in [0.1, 0.15) is 11.6 Å². The lowest BCUT2D eigenvalue weighted by atomic mass is 9.98. The summed E-state index contributed by atoms with van der Waals surface area (Å²) in [5, 5.41) is 0. The van der Waals surface area contributed by atoms with Gasteiger partial charge in [0.15, 0.2) is 0 Å². The van der Waals surface area contributed by atoms with Gasteiger partial charge in [-0.25, -0.2) is 4.39 Å². The summed E-state index contributed by atoms with van der Waals surface area (Å²) in [5.41, 5.74) is 8.75. The molecule has 3 aromatic rings. The van der Waals surface area contributed by atoms with Gasteiger partial charge in [-0.2, -0.15) is 4.99 Å². The Kier molecular flexibility index (Phi) is 9.53. The van der Waals surface area contributed by atoms with E-state index in [2.05, 4.69) is 32.9 Å². The van der Waals surface area contributed by atoms with E-state index in [0.717, 1.165) is 35.1 Å². The predicted octanol–water partition coefficient (Wildman–Crippen LogP) is 5.83. The molecule has 0 spiro atoms. The van der Waals surface area contributed by atoms with E-state index in [-0.39, 0.29) is 11.5 Å². The van der Waals surface area contributed by atoms with Gasteiger partial charge in [-0.05, 0) is 93.7 Å². The van der Waals surface area contributed by atoms with Crippen molar-refractivity contribution in [2.45, 2.75) is 38.1 Å². The molecule has 38 heavy (non-hydrogen) atoms. The fraction of sp³-hybridized carbons (Fsp3) is 0.333. The summed E-state index contributed by atoms with van der Waals surface area (Å²) < 4.78 is 21.3. The molecule has 1 saturated heterocycles. The Hall–Kier alpha value is -3.23. The first-order chi connectivity index (χ1) is 18.4. The van der Waals surface area contributed by atoms with Crippen LogP contribution in [0.15, 0.2) is 76.2 Å². The zero-order chi connectivity index (χ0) is 27.1. The van der Waals surface area contributed by atoms with Crippen LogP contribution in [-0.4, -0.2) is 50.1 Å². The van der Waals surface area contributed by atoms with E-state index >= 15 is 0 Å². The molecule has 1 fully saturated rings. The molecule has 0 aromatic heterocycles. The number of likely N-dealkylation sites (tertiary alicyclic amines) is 1. The summed E-state index contributed by atoms with van der Waals surface area (Å²) in [6, 6.07) is 20.4. The fourth-order valence-corrected chi connectivity index (χ4v) is 5.45. The molecule has 200 valence electrons. The lowest BCUT2D eigenvalue weighted by molar-refractivity contribution is 0.100. The Morgan fingerprint density at radius 2 is 1.95 bits per heavy atom. The van der Waals surface area contributed by atoms with Gasteiger partial charge in [-0.1, -0.05) is 40.2 Å². The number of carbonyl (C=O) groups excluding carboxylic acids is 1. The molecule has 0 aliphatic carbocycles. The summed E-state index contributed by atoms with van der Waals surface area (Å²) in [5.74, 6) is -0.184. The van der Waals surface area contributed by atoms with Crippen molar-refractivity contribution >= 4 is 33.5 Å². The van der Waals surface area contributed by atoms with Crippen molar-refractivity contribution in [2.24, 2.45) is 10.7 Å². The lowest BCUT2D eigenvalue weighted by Gasteiger charge is -2.27. The molecule has 3 aromatic carbocycles. The molecule has 8 heteroatoms. The van der Waals surface area contributed by atoms with Crippen LogP contribution in [0.3, 0.4) is 0 Å². The first-order valence-electron chi connectivity index (χ1n) is 12.9. The van der Waals surface area contributed by atoms with Crippen molar-refractivity contribution in [3.8, 4) is 5.75 Å². The second kappa shape index (κ2) is 13.0. The van der Waals surface area contributed by atoms with Gasteiger partial charge in [-0.3, -0.25) is 4.79 Å². The van der Waals surface area contributed by atoms with Gasteiger partial charge in [0.25, 0.3) is 5.91 Å². The second-order valence-electron chi connectivity index (χ2n) is 9.55. The van der Waals surface area contributed by atoms with Crippen LogP contribution in [0.5, 0.6) is 5.75 Å². The SMILES string of the molecule is COc1ccc(Br)cc1CCc1c(F)cccc1C(=O)N=C(N)N(CCC1CCCN1C)c1ccccc1. The monoisotopic (exact) mass is 580 g/mol. The first kappa shape index (κ1) is 27.8. The maximum absolute atomic E-state index is 15.0. The number of rotatable bonds is 9. The number of amides is 1. The summed E-state index contributed by atoms with van der Waals surface area (Å²) in [6.45, 7) is 1.71. The van der Waals surface area contributed by atoms with Crippen LogP contribution in [0, 0.1) is 5.82 Å². The van der Waals surface area contributed by atoms with Gasteiger partial charge in [0, 0.05) is 33.9 Å². The van der Waals surface area contributed by atoms with Gasteiger partial charge >= 0.3 is 0 Å². The normalized spacial score (nSPS) is 16.0. The number of aliphatic imine (C=N–C) groups is 1. The zero-order valence-electron chi connectivity index (χ0n) is 21.9. The minimum Gasteiger partial charge on any atom is -0.496 e. The number of carbonyl (C=O) groups is 1. The molecule has 0 bridgehead atoms. The van der Waals surface area contributed by atoms with E-state index in [0.29, 0.717) is 36.7 Å². The van der Waals surface area contributed by atoms with Crippen LogP contribution >= 0.6 is 15.9 Å². The van der Waals surface area contributed by atoms with Crippen LogP contribution < -0.4 is 15.4 Å². The highest BCUT2D eigenvalue weighted by molar-refractivity contribution is 9.10. The average molecular weight is 582 g/mol. The van der Waals surface area contributed by atoms with Crippen LogP contribution in [0.4, 0.5) is 10.1 Å². The van der Waals surface area contributed by atoms with Crippen molar-refractivity contribution in [3.63, 3.8) is 0 Å². The summed E-state index contributed by atoms with van der Waals surface area (Å²) in [4.78, 5) is 21.9. The van der Waals surface area contributed by atoms with Gasteiger partial charge in [-0.15, -0.1) is 0 Å². The van der Waals surface area contributed by atoms with Gasteiger partial charge in [0.05, 0.1) is 7.11 Å². The molecule has 1 aliphatic rings. The minimum absolute atomic E-state index is 0.103. The second-order valence-corrected chi connectivity index (χ2v) is 10.5. The molecular formula is C30H34BrFN4O2. The third-order valence-corrected chi connectivity index (χ3v) is 7.65. The van der Waals surface area contributed by atoms with E-state index in [1.54, 1.807) is 13.2 Å². The Balaban J connectivity index is 1.57. The number of hydrogen-bond donors (Lipinski definition) is 1. The van der Waals surface area contributed by atoms with Crippen LogP contribution in [0.2, 0.25) is 0 Å². The topological polar surface area (TPSA) is 71.2 Å². The molecular weight excluding hydrogens is 547 g/mol.